The highest BCUT2D eigenvalue weighted by Crippen LogP contribution is 2.28. The standard InChI is InChI=1S/C11H10F3NO5/c1-6-4-7(2-3-9(6)15(18)19)20-5-8(10(16)17)11(12,13)14/h2-4,8H,5H2,1H3,(H,16,17). The minimum atomic E-state index is -4.93. The number of nitro benzene ring substituents is 1. The summed E-state index contributed by atoms with van der Waals surface area (Å²) in [5.41, 5.74) is -0.00524. The van der Waals surface area contributed by atoms with Crippen molar-refractivity contribution in [2.45, 2.75) is 13.1 Å². The molecule has 110 valence electrons. The summed E-state index contributed by atoms with van der Waals surface area (Å²) in [5.74, 6) is -4.77. The molecule has 0 aliphatic carbocycles. The minimum absolute atomic E-state index is 0.0661. The van der Waals surface area contributed by atoms with Gasteiger partial charge >= 0.3 is 12.1 Å². The molecule has 0 saturated carbocycles. The van der Waals surface area contributed by atoms with Gasteiger partial charge in [0.25, 0.3) is 5.69 Å². The van der Waals surface area contributed by atoms with E-state index in [-0.39, 0.29) is 17.0 Å². The fourth-order valence-corrected chi connectivity index (χ4v) is 1.41. The molecule has 0 amide bonds. The number of aryl methyl sites for hydroxylation is 1. The molecule has 1 aromatic rings. The van der Waals surface area contributed by atoms with Crippen molar-refractivity contribution in [3.05, 3.63) is 33.9 Å². The number of ether oxygens (including phenoxy) is 1. The zero-order valence-corrected chi connectivity index (χ0v) is 10.2. The van der Waals surface area contributed by atoms with Crippen molar-refractivity contribution in [3.8, 4) is 5.75 Å². The van der Waals surface area contributed by atoms with Crippen molar-refractivity contribution < 1.29 is 32.7 Å². The zero-order valence-electron chi connectivity index (χ0n) is 10.2. The summed E-state index contributed by atoms with van der Waals surface area (Å²) in [6.07, 6.45) is -4.93. The highest BCUT2D eigenvalue weighted by Gasteiger charge is 2.45. The molecule has 0 aliphatic rings. The Labute approximate surface area is 110 Å². The topological polar surface area (TPSA) is 89.7 Å². The molecule has 0 saturated heterocycles. The highest BCUT2D eigenvalue weighted by molar-refractivity contribution is 5.71. The van der Waals surface area contributed by atoms with E-state index < -0.39 is 29.6 Å². The first-order valence-corrected chi connectivity index (χ1v) is 5.30. The number of alkyl halides is 3. The van der Waals surface area contributed by atoms with Crippen molar-refractivity contribution in [2.75, 3.05) is 6.61 Å². The third kappa shape index (κ3) is 3.84. The van der Waals surface area contributed by atoms with Gasteiger partial charge in [-0.3, -0.25) is 14.9 Å². The molecular formula is C11H10F3NO5. The zero-order chi connectivity index (χ0) is 15.5. The van der Waals surface area contributed by atoms with Crippen LogP contribution in [0.4, 0.5) is 18.9 Å². The van der Waals surface area contributed by atoms with Gasteiger partial charge in [0.1, 0.15) is 12.4 Å². The van der Waals surface area contributed by atoms with E-state index >= 15 is 0 Å². The van der Waals surface area contributed by atoms with Gasteiger partial charge in [-0.25, -0.2) is 0 Å². The third-order valence-corrected chi connectivity index (χ3v) is 2.47. The Bertz CT molecular complexity index is 529. The molecule has 0 heterocycles. The average Bonchev–Trinajstić information content (AvgIpc) is 2.26. The summed E-state index contributed by atoms with van der Waals surface area (Å²) >= 11 is 0. The first-order valence-electron chi connectivity index (χ1n) is 5.30. The molecule has 0 spiro atoms. The molecule has 0 aromatic heterocycles. The summed E-state index contributed by atoms with van der Waals surface area (Å²) < 4.78 is 41.9. The summed E-state index contributed by atoms with van der Waals surface area (Å²) in [6, 6.07) is 3.36. The molecule has 1 atom stereocenters. The van der Waals surface area contributed by atoms with Gasteiger partial charge in [-0.15, -0.1) is 0 Å². The number of aliphatic carboxylic acids is 1. The number of rotatable bonds is 5. The van der Waals surface area contributed by atoms with Crippen LogP contribution in [-0.4, -0.2) is 28.8 Å². The molecule has 1 aromatic carbocycles. The molecule has 0 aliphatic heterocycles. The van der Waals surface area contributed by atoms with Crippen molar-refractivity contribution in [1.29, 1.82) is 0 Å². The number of hydrogen-bond acceptors (Lipinski definition) is 4. The van der Waals surface area contributed by atoms with Gasteiger partial charge in [0.15, 0.2) is 5.92 Å². The number of hydrogen-bond donors (Lipinski definition) is 1. The van der Waals surface area contributed by atoms with Gasteiger partial charge in [0, 0.05) is 11.6 Å². The number of carbonyl (C=O) groups is 1. The maximum atomic E-state index is 12.4. The highest BCUT2D eigenvalue weighted by atomic mass is 19.4. The van der Waals surface area contributed by atoms with E-state index in [0.29, 0.717) is 0 Å². The van der Waals surface area contributed by atoms with Crippen LogP contribution >= 0.6 is 0 Å². The summed E-state index contributed by atoms with van der Waals surface area (Å²) in [6.45, 7) is 0.291. The normalized spacial score (nSPS) is 12.8. The van der Waals surface area contributed by atoms with Crippen LogP contribution in [-0.2, 0) is 4.79 Å². The van der Waals surface area contributed by atoms with E-state index in [0.717, 1.165) is 12.1 Å². The lowest BCUT2D eigenvalue weighted by atomic mass is 10.1. The van der Waals surface area contributed by atoms with E-state index in [1.165, 1.54) is 13.0 Å². The van der Waals surface area contributed by atoms with Crippen LogP contribution < -0.4 is 4.74 Å². The van der Waals surface area contributed by atoms with Crippen molar-refractivity contribution in [3.63, 3.8) is 0 Å². The van der Waals surface area contributed by atoms with Crippen LogP contribution in [0.1, 0.15) is 5.56 Å². The second-order valence-electron chi connectivity index (χ2n) is 3.95. The number of nitrogens with zero attached hydrogens (tertiary/aromatic N) is 1. The molecule has 0 fully saturated rings. The minimum Gasteiger partial charge on any atom is -0.492 e. The smallest absolute Gasteiger partial charge is 0.405 e. The molecular weight excluding hydrogens is 283 g/mol. The molecule has 1 rings (SSSR count). The Hall–Kier alpha value is -2.32. The molecule has 1 unspecified atom stereocenters. The van der Waals surface area contributed by atoms with Gasteiger partial charge in [0.2, 0.25) is 0 Å². The number of halogens is 3. The number of benzene rings is 1. The first-order chi connectivity index (χ1) is 9.12. The summed E-state index contributed by atoms with van der Waals surface area (Å²) in [5, 5.41) is 19.0. The Morgan fingerprint density at radius 2 is 2.10 bits per heavy atom. The van der Waals surface area contributed by atoms with Gasteiger partial charge in [-0.1, -0.05) is 0 Å². The number of nitro groups is 1. The molecule has 20 heavy (non-hydrogen) atoms. The van der Waals surface area contributed by atoms with Crippen LogP contribution in [0.3, 0.4) is 0 Å². The summed E-state index contributed by atoms with van der Waals surface area (Å²) in [4.78, 5) is 20.4. The third-order valence-electron chi connectivity index (χ3n) is 2.47. The predicted molar refractivity (Wildman–Crippen MR) is 60.5 cm³/mol. The van der Waals surface area contributed by atoms with E-state index in [4.69, 9.17) is 9.84 Å². The second-order valence-corrected chi connectivity index (χ2v) is 3.95. The molecule has 0 radical (unpaired) electrons. The fourth-order valence-electron chi connectivity index (χ4n) is 1.41. The van der Waals surface area contributed by atoms with Crippen molar-refractivity contribution in [1.82, 2.24) is 0 Å². The monoisotopic (exact) mass is 293 g/mol. The fraction of sp³-hybridized carbons (Fsp3) is 0.364. The molecule has 9 heteroatoms. The van der Waals surface area contributed by atoms with Crippen LogP contribution in [0.5, 0.6) is 5.75 Å². The lowest BCUT2D eigenvalue weighted by Gasteiger charge is -2.16. The van der Waals surface area contributed by atoms with Gasteiger partial charge < -0.3 is 9.84 Å². The quantitative estimate of drug-likeness (QED) is 0.665. The number of carboxylic acids is 1. The van der Waals surface area contributed by atoms with E-state index in [9.17, 15) is 28.1 Å². The van der Waals surface area contributed by atoms with Gasteiger partial charge in [-0.2, -0.15) is 13.2 Å². The van der Waals surface area contributed by atoms with Crippen molar-refractivity contribution >= 4 is 11.7 Å². The predicted octanol–water partition coefficient (Wildman–Crippen LogP) is 2.55. The van der Waals surface area contributed by atoms with Crippen LogP contribution in [0.15, 0.2) is 18.2 Å². The molecule has 0 bridgehead atoms. The van der Waals surface area contributed by atoms with Crippen LogP contribution in [0, 0.1) is 23.0 Å². The number of carboxylic acid groups (broad SMARTS) is 1. The Morgan fingerprint density at radius 3 is 2.50 bits per heavy atom. The van der Waals surface area contributed by atoms with Crippen LogP contribution in [0.25, 0.3) is 0 Å². The second kappa shape index (κ2) is 5.76. The lowest BCUT2D eigenvalue weighted by Crippen LogP contribution is -2.35. The SMILES string of the molecule is Cc1cc(OCC(C(=O)O)C(F)(F)F)ccc1[N+](=O)[O-]. The van der Waals surface area contributed by atoms with Crippen molar-refractivity contribution in [2.24, 2.45) is 5.92 Å². The maximum Gasteiger partial charge on any atom is 0.405 e. The van der Waals surface area contributed by atoms with E-state index in [1.807, 2.05) is 0 Å². The largest absolute Gasteiger partial charge is 0.492 e. The van der Waals surface area contributed by atoms with E-state index in [2.05, 4.69) is 0 Å². The molecule has 1 N–H and O–H groups in total. The lowest BCUT2D eigenvalue weighted by molar-refractivity contribution is -0.385. The van der Waals surface area contributed by atoms with Gasteiger partial charge in [-0.05, 0) is 19.1 Å². The Morgan fingerprint density at radius 1 is 1.50 bits per heavy atom. The van der Waals surface area contributed by atoms with Crippen LogP contribution in [0.2, 0.25) is 0 Å². The van der Waals surface area contributed by atoms with Gasteiger partial charge in [0.05, 0.1) is 4.92 Å². The Balaban J connectivity index is 2.82. The maximum absolute atomic E-state index is 12.4. The first kappa shape index (κ1) is 15.7. The van der Waals surface area contributed by atoms with E-state index in [1.54, 1.807) is 0 Å². The Kier molecular flexibility index (Phi) is 4.53. The molecule has 6 nitrogen and oxygen atoms in total. The average molecular weight is 293 g/mol. The summed E-state index contributed by atoms with van der Waals surface area (Å²) in [7, 11) is 0.